The number of phenols is 1. The summed E-state index contributed by atoms with van der Waals surface area (Å²) in [5, 5.41) is 37.2. The van der Waals surface area contributed by atoms with Gasteiger partial charge in [-0.25, -0.2) is 0 Å². The fourth-order valence-corrected chi connectivity index (χ4v) is 2.61. The van der Waals surface area contributed by atoms with Gasteiger partial charge in [0, 0.05) is 19.6 Å². The number of aliphatic hydroxyl groups excluding tert-OH is 2. The topological polar surface area (TPSA) is 94.6 Å². The molecule has 0 saturated heterocycles. The molecule has 0 aliphatic heterocycles. The fourth-order valence-electron chi connectivity index (χ4n) is 2.61. The third kappa shape index (κ3) is 3.53. The summed E-state index contributed by atoms with van der Waals surface area (Å²) in [5.74, 6) is 0.0925. The Morgan fingerprint density at radius 1 is 0.917 bits per heavy atom. The highest BCUT2D eigenvalue weighted by molar-refractivity contribution is 5.73. The lowest BCUT2D eigenvalue weighted by Gasteiger charge is -2.20. The van der Waals surface area contributed by atoms with Crippen LogP contribution < -0.4 is 0 Å². The molecule has 0 unspecified atom stereocenters. The van der Waals surface area contributed by atoms with E-state index in [0.29, 0.717) is 25.3 Å². The van der Waals surface area contributed by atoms with Crippen LogP contribution >= 0.6 is 0 Å². The second-order valence-corrected chi connectivity index (χ2v) is 5.52. The van der Waals surface area contributed by atoms with Gasteiger partial charge < -0.3 is 15.3 Å². The minimum absolute atomic E-state index is 0.0248. The Labute approximate surface area is 139 Å². The van der Waals surface area contributed by atoms with Gasteiger partial charge in [0.05, 0.1) is 13.2 Å². The Kier molecular flexibility index (Phi) is 5.05. The first kappa shape index (κ1) is 16.4. The molecule has 1 aromatic heterocycles. The molecule has 3 aromatic rings. The van der Waals surface area contributed by atoms with E-state index in [9.17, 15) is 5.11 Å². The monoisotopic (exact) mass is 328 g/mol. The normalized spacial score (nSPS) is 11.5. The average molecular weight is 328 g/mol. The van der Waals surface area contributed by atoms with Crippen molar-refractivity contribution in [3.63, 3.8) is 0 Å². The van der Waals surface area contributed by atoms with Gasteiger partial charge in [0.15, 0.2) is 0 Å². The summed E-state index contributed by atoms with van der Waals surface area (Å²) < 4.78 is 0. The van der Waals surface area contributed by atoms with Gasteiger partial charge in [0.1, 0.15) is 22.5 Å². The predicted molar refractivity (Wildman–Crippen MR) is 90.0 cm³/mol. The van der Waals surface area contributed by atoms with Crippen molar-refractivity contribution in [2.45, 2.75) is 6.54 Å². The summed E-state index contributed by atoms with van der Waals surface area (Å²) >= 11 is 0. The molecule has 0 radical (unpaired) electrons. The summed E-state index contributed by atoms with van der Waals surface area (Å²) in [7, 11) is 0. The summed E-state index contributed by atoms with van der Waals surface area (Å²) in [6.07, 6.45) is 0. The number of fused-ring (bicyclic) bond motifs is 1. The molecule has 3 N–H and O–H groups in total. The number of hydrogen-bond donors (Lipinski definition) is 3. The third-order valence-electron chi connectivity index (χ3n) is 3.78. The third-order valence-corrected chi connectivity index (χ3v) is 3.78. The molecule has 0 aliphatic rings. The minimum Gasteiger partial charge on any atom is -0.506 e. The lowest BCUT2D eigenvalue weighted by Crippen LogP contribution is -2.29. The van der Waals surface area contributed by atoms with Gasteiger partial charge in [-0.2, -0.15) is 0 Å². The smallest absolute Gasteiger partial charge is 0.143 e. The Hall–Kier alpha value is -2.48. The molecule has 0 aliphatic carbocycles. The molecule has 126 valence electrons. The van der Waals surface area contributed by atoms with Crippen LogP contribution in [0.4, 0.5) is 0 Å². The van der Waals surface area contributed by atoms with E-state index in [4.69, 9.17) is 10.2 Å². The molecule has 7 nitrogen and oxygen atoms in total. The van der Waals surface area contributed by atoms with Gasteiger partial charge in [-0.05, 0) is 29.8 Å². The van der Waals surface area contributed by atoms with Gasteiger partial charge in [0.25, 0.3) is 0 Å². The van der Waals surface area contributed by atoms with Crippen LogP contribution in [0.15, 0.2) is 42.5 Å². The maximum absolute atomic E-state index is 10.2. The first-order valence-corrected chi connectivity index (χ1v) is 7.79. The number of hydrogen-bond acceptors (Lipinski definition) is 6. The van der Waals surface area contributed by atoms with E-state index in [2.05, 4.69) is 10.2 Å². The number of aromatic hydroxyl groups is 1. The van der Waals surface area contributed by atoms with Crippen LogP contribution in [-0.2, 0) is 6.54 Å². The highest BCUT2D eigenvalue weighted by Gasteiger charge is 2.11. The van der Waals surface area contributed by atoms with Crippen LogP contribution in [0.3, 0.4) is 0 Å². The summed E-state index contributed by atoms with van der Waals surface area (Å²) in [6, 6.07) is 12.7. The molecular formula is C17H20N4O3. The summed E-state index contributed by atoms with van der Waals surface area (Å²) in [6.45, 7) is 1.55. The second kappa shape index (κ2) is 7.39. The highest BCUT2D eigenvalue weighted by atomic mass is 16.3. The Balaban J connectivity index is 1.90. The number of aliphatic hydroxyl groups is 2. The SMILES string of the molecule is OCCN(CCO)Cc1ccc(O)c(-n2nc3ccccc3n2)c1. The number of phenolic OH excluding ortho intramolecular Hbond substituents is 1. The van der Waals surface area contributed by atoms with E-state index in [1.807, 2.05) is 41.3 Å². The Morgan fingerprint density at radius 3 is 2.12 bits per heavy atom. The first-order valence-electron chi connectivity index (χ1n) is 7.79. The first-order chi connectivity index (χ1) is 11.7. The van der Waals surface area contributed by atoms with Crippen molar-refractivity contribution in [3.8, 4) is 11.4 Å². The van der Waals surface area contributed by atoms with Crippen molar-refractivity contribution in [2.24, 2.45) is 0 Å². The maximum atomic E-state index is 10.2. The standard InChI is InChI=1S/C17H20N4O3/c22-9-7-20(8-10-23)12-13-5-6-17(24)16(11-13)21-18-14-3-1-2-4-15(14)19-21/h1-6,11,22-24H,7-10,12H2. The molecule has 0 spiro atoms. The molecule has 0 atom stereocenters. The molecule has 0 saturated carbocycles. The summed E-state index contributed by atoms with van der Waals surface area (Å²) in [5.41, 5.74) is 2.94. The van der Waals surface area contributed by atoms with Crippen molar-refractivity contribution in [1.82, 2.24) is 19.9 Å². The minimum atomic E-state index is 0.0248. The number of rotatable bonds is 7. The van der Waals surface area contributed by atoms with Gasteiger partial charge in [-0.1, -0.05) is 18.2 Å². The van der Waals surface area contributed by atoms with E-state index in [1.54, 1.807) is 6.07 Å². The van der Waals surface area contributed by atoms with E-state index in [1.165, 1.54) is 4.80 Å². The zero-order valence-electron chi connectivity index (χ0n) is 13.2. The van der Waals surface area contributed by atoms with Crippen LogP contribution in [0.5, 0.6) is 5.75 Å². The molecule has 2 aromatic carbocycles. The molecule has 24 heavy (non-hydrogen) atoms. The fraction of sp³-hybridized carbons (Fsp3) is 0.294. The zero-order valence-corrected chi connectivity index (χ0v) is 13.2. The van der Waals surface area contributed by atoms with E-state index in [0.717, 1.165) is 16.6 Å². The average Bonchev–Trinajstić information content (AvgIpc) is 3.01. The van der Waals surface area contributed by atoms with Crippen LogP contribution in [-0.4, -0.2) is 61.5 Å². The lowest BCUT2D eigenvalue weighted by molar-refractivity contribution is 0.156. The van der Waals surface area contributed by atoms with Crippen molar-refractivity contribution in [1.29, 1.82) is 0 Å². The van der Waals surface area contributed by atoms with Crippen LogP contribution in [0.25, 0.3) is 16.7 Å². The van der Waals surface area contributed by atoms with E-state index >= 15 is 0 Å². The van der Waals surface area contributed by atoms with Gasteiger partial charge in [-0.15, -0.1) is 15.0 Å². The van der Waals surface area contributed by atoms with Crippen LogP contribution in [0, 0.1) is 0 Å². The molecule has 3 rings (SSSR count). The highest BCUT2D eigenvalue weighted by Crippen LogP contribution is 2.23. The number of nitrogens with zero attached hydrogens (tertiary/aromatic N) is 4. The van der Waals surface area contributed by atoms with Crippen molar-refractivity contribution in [3.05, 3.63) is 48.0 Å². The maximum Gasteiger partial charge on any atom is 0.143 e. The van der Waals surface area contributed by atoms with Crippen LogP contribution in [0.2, 0.25) is 0 Å². The largest absolute Gasteiger partial charge is 0.506 e. The van der Waals surface area contributed by atoms with E-state index in [-0.39, 0.29) is 19.0 Å². The van der Waals surface area contributed by atoms with Gasteiger partial charge in [0.2, 0.25) is 0 Å². The molecule has 0 amide bonds. The lowest BCUT2D eigenvalue weighted by atomic mass is 10.1. The van der Waals surface area contributed by atoms with Gasteiger partial charge in [-0.3, -0.25) is 4.90 Å². The van der Waals surface area contributed by atoms with Crippen molar-refractivity contribution < 1.29 is 15.3 Å². The number of aromatic nitrogens is 3. The molecule has 0 fully saturated rings. The van der Waals surface area contributed by atoms with Gasteiger partial charge >= 0.3 is 0 Å². The Morgan fingerprint density at radius 2 is 1.54 bits per heavy atom. The summed E-state index contributed by atoms with van der Waals surface area (Å²) in [4.78, 5) is 3.36. The van der Waals surface area contributed by atoms with Crippen LogP contribution in [0.1, 0.15) is 5.56 Å². The quantitative estimate of drug-likeness (QED) is 0.597. The molecule has 1 heterocycles. The zero-order chi connectivity index (χ0) is 16.9. The van der Waals surface area contributed by atoms with Crippen molar-refractivity contribution in [2.75, 3.05) is 26.3 Å². The molecule has 0 bridgehead atoms. The number of benzene rings is 2. The Bertz CT molecular complexity index is 779. The van der Waals surface area contributed by atoms with Crippen molar-refractivity contribution >= 4 is 11.0 Å². The predicted octanol–water partition coefficient (Wildman–Crippen LogP) is 0.913. The van der Waals surface area contributed by atoms with E-state index < -0.39 is 0 Å². The molecular weight excluding hydrogens is 308 g/mol. The second-order valence-electron chi connectivity index (χ2n) is 5.52. The molecule has 7 heteroatoms.